The fraction of sp³-hybridized carbons (Fsp3) is 0.625. The Morgan fingerprint density at radius 1 is 1.03 bits per heavy atom. The number of amides is 1. The average Bonchev–Trinajstić information content (AvgIpc) is 3.32. The predicted octanol–water partition coefficient (Wildman–Crippen LogP) is 5.61. The van der Waals surface area contributed by atoms with Crippen LogP contribution >= 0.6 is 0 Å². The van der Waals surface area contributed by atoms with E-state index in [0.717, 1.165) is 89.3 Å². The Hall–Kier alpha value is -2.60. The highest BCUT2D eigenvalue weighted by Crippen LogP contribution is 2.60. The summed E-state index contributed by atoms with van der Waals surface area (Å²) >= 11 is 0. The lowest BCUT2D eigenvalue weighted by Crippen LogP contribution is -2.52. The van der Waals surface area contributed by atoms with Crippen molar-refractivity contribution >= 4 is 23.9 Å². The van der Waals surface area contributed by atoms with Crippen LogP contribution in [0.5, 0.6) is 0 Å². The van der Waals surface area contributed by atoms with Gasteiger partial charge in [-0.2, -0.15) is 5.10 Å². The number of ether oxygens (including phenoxy) is 1. The molecule has 1 heterocycles. The maximum absolute atomic E-state index is 13.4. The lowest BCUT2D eigenvalue weighted by Gasteiger charge is -2.55. The molecule has 0 atom stereocenters. The summed E-state index contributed by atoms with van der Waals surface area (Å²) in [5, 5.41) is 4.57. The van der Waals surface area contributed by atoms with Gasteiger partial charge in [0.1, 0.15) is 0 Å². The highest BCUT2D eigenvalue weighted by Gasteiger charge is 2.54. The smallest absolute Gasteiger partial charge is 0.246 e. The SMILES string of the molecule is CCN(CC)c1ccc(/C=C2/CCC(/C=N\NC(=O)C34CC5CC(CC(C5)C3)C4)=C2N2CCOCC2)cc1. The lowest BCUT2D eigenvalue weighted by atomic mass is 9.49. The number of rotatable bonds is 8. The molecule has 5 fully saturated rings. The number of anilines is 1. The molecule has 1 amide bonds. The van der Waals surface area contributed by atoms with Gasteiger partial charge in [0.05, 0.1) is 24.8 Å². The summed E-state index contributed by atoms with van der Waals surface area (Å²) in [5.74, 6) is 2.45. The van der Waals surface area contributed by atoms with Crippen LogP contribution in [0.1, 0.15) is 70.8 Å². The molecule has 1 saturated heterocycles. The molecule has 0 unspecified atom stereocenters. The van der Waals surface area contributed by atoms with Crippen LogP contribution in [0.3, 0.4) is 0 Å². The molecule has 1 aliphatic heterocycles. The van der Waals surface area contributed by atoms with Crippen LogP contribution in [0.15, 0.2) is 46.2 Å². The zero-order chi connectivity index (χ0) is 26.1. The number of hydrogen-bond donors (Lipinski definition) is 1. The third-order valence-corrected chi connectivity index (χ3v) is 9.87. The quantitative estimate of drug-likeness (QED) is 0.360. The van der Waals surface area contributed by atoms with E-state index in [1.54, 1.807) is 0 Å². The summed E-state index contributed by atoms with van der Waals surface area (Å²) in [6.45, 7) is 9.73. The standard InChI is InChI=1S/C32H44N4O2/c1-3-35(4-2)29-9-5-23(6-10-29)18-27-7-8-28(30(27)36-11-13-38-14-12-36)22-33-34-31(37)32-19-24-15-25(20-32)17-26(16-24)21-32/h5-6,9-10,18,22,24-26H,3-4,7-8,11-17,19-21H2,1-2H3,(H,34,37)/b27-18-,33-22-. The van der Waals surface area contributed by atoms with Gasteiger partial charge in [-0.25, -0.2) is 5.43 Å². The van der Waals surface area contributed by atoms with Gasteiger partial charge in [0.2, 0.25) is 5.91 Å². The minimum Gasteiger partial charge on any atom is -0.378 e. The van der Waals surface area contributed by atoms with E-state index in [1.165, 1.54) is 47.4 Å². The first kappa shape index (κ1) is 25.7. The van der Waals surface area contributed by atoms with Crippen molar-refractivity contribution in [3.63, 3.8) is 0 Å². The van der Waals surface area contributed by atoms with Crippen LogP contribution in [-0.2, 0) is 9.53 Å². The van der Waals surface area contributed by atoms with Crippen LogP contribution in [0.25, 0.3) is 6.08 Å². The second-order valence-corrected chi connectivity index (χ2v) is 12.3. The first-order valence-electron chi connectivity index (χ1n) is 15.0. The van der Waals surface area contributed by atoms with Crippen molar-refractivity contribution < 1.29 is 9.53 Å². The molecule has 1 aromatic rings. The normalized spacial score (nSPS) is 31.6. The summed E-state index contributed by atoms with van der Waals surface area (Å²) in [6.07, 6.45) is 13.5. The molecule has 0 radical (unpaired) electrons. The average molecular weight is 517 g/mol. The Balaban J connectivity index is 1.20. The maximum Gasteiger partial charge on any atom is 0.246 e. The molecule has 1 aromatic carbocycles. The molecule has 6 nitrogen and oxygen atoms in total. The number of hydrazone groups is 1. The van der Waals surface area contributed by atoms with Crippen LogP contribution in [-0.4, -0.2) is 56.4 Å². The number of carbonyl (C=O) groups is 1. The highest BCUT2D eigenvalue weighted by molar-refractivity contribution is 5.87. The van der Waals surface area contributed by atoms with Crippen LogP contribution in [0.4, 0.5) is 5.69 Å². The second kappa shape index (κ2) is 10.9. The Kier molecular flexibility index (Phi) is 7.35. The maximum atomic E-state index is 13.4. The van der Waals surface area contributed by atoms with E-state index in [4.69, 9.17) is 4.74 Å². The van der Waals surface area contributed by atoms with E-state index >= 15 is 0 Å². The third kappa shape index (κ3) is 5.04. The van der Waals surface area contributed by atoms with Crippen LogP contribution < -0.4 is 10.3 Å². The second-order valence-electron chi connectivity index (χ2n) is 12.3. The van der Waals surface area contributed by atoms with E-state index in [0.29, 0.717) is 0 Å². The Morgan fingerprint density at radius 2 is 1.66 bits per heavy atom. The number of carbonyl (C=O) groups excluding carboxylic acids is 1. The lowest BCUT2D eigenvalue weighted by molar-refractivity contribution is -0.146. The monoisotopic (exact) mass is 516 g/mol. The number of benzene rings is 1. The largest absolute Gasteiger partial charge is 0.378 e. The molecular weight excluding hydrogens is 472 g/mol. The van der Waals surface area contributed by atoms with E-state index in [1.807, 2.05) is 6.21 Å². The molecule has 0 aromatic heterocycles. The molecule has 4 saturated carbocycles. The predicted molar refractivity (Wildman–Crippen MR) is 154 cm³/mol. The molecular formula is C32H44N4O2. The van der Waals surface area contributed by atoms with Gasteiger partial charge in [-0.3, -0.25) is 4.79 Å². The topological polar surface area (TPSA) is 57.2 Å². The fourth-order valence-corrected chi connectivity index (χ4v) is 8.42. The molecule has 6 aliphatic rings. The Bertz CT molecular complexity index is 1070. The van der Waals surface area contributed by atoms with Crippen LogP contribution in [0.2, 0.25) is 0 Å². The molecule has 38 heavy (non-hydrogen) atoms. The minimum atomic E-state index is -0.161. The van der Waals surface area contributed by atoms with Crippen molar-refractivity contribution in [1.82, 2.24) is 10.3 Å². The van der Waals surface area contributed by atoms with Crippen molar-refractivity contribution in [2.24, 2.45) is 28.3 Å². The van der Waals surface area contributed by atoms with Crippen LogP contribution in [0, 0.1) is 23.2 Å². The van der Waals surface area contributed by atoms with Gasteiger partial charge in [0.15, 0.2) is 0 Å². The molecule has 4 bridgehead atoms. The van der Waals surface area contributed by atoms with Gasteiger partial charge in [-0.1, -0.05) is 12.1 Å². The summed E-state index contributed by atoms with van der Waals surface area (Å²) in [5.41, 5.74) is 9.22. The summed E-state index contributed by atoms with van der Waals surface area (Å²) in [4.78, 5) is 18.2. The molecule has 0 spiro atoms. The van der Waals surface area contributed by atoms with E-state index < -0.39 is 0 Å². The zero-order valence-electron chi connectivity index (χ0n) is 23.3. The number of nitrogens with one attached hydrogen (secondary N) is 1. The number of morpholine rings is 1. The summed E-state index contributed by atoms with van der Waals surface area (Å²) < 4.78 is 5.66. The fourth-order valence-electron chi connectivity index (χ4n) is 8.42. The Morgan fingerprint density at radius 3 is 2.26 bits per heavy atom. The number of nitrogens with zero attached hydrogens (tertiary/aromatic N) is 3. The van der Waals surface area contributed by atoms with Gasteiger partial charge < -0.3 is 14.5 Å². The molecule has 1 N–H and O–H groups in total. The summed E-state index contributed by atoms with van der Waals surface area (Å²) in [6, 6.07) is 8.92. The molecule has 204 valence electrons. The summed E-state index contributed by atoms with van der Waals surface area (Å²) in [7, 11) is 0. The van der Waals surface area contributed by atoms with Gasteiger partial charge in [0.25, 0.3) is 0 Å². The zero-order valence-corrected chi connectivity index (χ0v) is 23.3. The van der Waals surface area contributed by atoms with Crippen molar-refractivity contribution in [3.8, 4) is 0 Å². The number of allylic oxidation sites excluding steroid dienone is 2. The minimum absolute atomic E-state index is 0.161. The van der Waals surface area contributed by atoms with Crippen molar-refractivity contribution in [1.29, 1.82) is 0 Å². The molecule has 6 heteroatoms. The molecule has 5 aliphatic carbocycles. The third-order valence-electron chi connectivity index (χ3n) is 9.87. The first-order valence-corrected chi connectivity index (χ1v) is 15.0. The van der Waals surface area contributed by atoms with Crippen molar-refractivity contribution in [3.05, 3.63) is 46.7 Å². The van der Waals surface area contributed by atoms with Gasteiger partial charge in [0, 0.05) is 37.6 Å². The van der Waals surface area contributed by atoms with E-state index in [9.17, 15) is 4.79 Å². The van der Waals surface area contributed by atoms with Gasteiger partial charge in [-0.15, -0.1) is 0 Å². The first-order chi connectivity index (χ1) is 18.6. The van der Waals surface area contributed by atoms with Gasteiger partial charge in [-0.05, 0) is 118 Å². The number of hydrogen-bond acceptors (Lipinski definition) is 5. The molecule has 7 rings (SSSR count). The highest BCUT2D eigenvalue weighted by atomic mass is 16.5. The Labute approximate surface area is 228 Å². The van der Waals surface area contributed by atoms with E-state index in [-0.39, 0.29) is 11.3 Å². The van der Waals surface area contributed by atoms with Crippen molar-refractivity contribution in [2.45, 2.75) is 65.2 Å². The van der Waals surface area contributed by atoms with Gasteiger partial charge >= 0.3 is 0 Å². The van der Waals surface area contributed by atoms with E-state index in [2.05, 4.69) is 64.5 Å². The van der Waals surface area contributed by atoms with Crippen molar-refractivity contribution in [2.75, 3.05) is 44.3 Å².